The van der Waals surface area contributed by atoms with E-state index in [1.54, 1.807) is 26.2 Å². The second kappa shape index (κ2) is 7.56. The van der Waals surface area contributed by atoms with E-state index >= 15 is 0 Å². The summed E-state index contributed by atoms with van der Waals surface area (Å²) in [5, 5.41) is 44.2. The number of nitrogens with two attached hydrogens (primary N) is 1. The van der Waals surface area contributed by atoms with Crippen molar-refractivity contribution in [1.29, 1.82) is 0 Å². The van der Waals surface area contributed by atoms with E-state index in [0.717, 1.165) is 0 Å². The molecule has 0 saturated heterocycles. The van der Waals surface area contributed by atoms with Crippen molar-refractivity contribution >= 4 is 23.2 Å². The van der Waals surface area contributed by atoms with Gasteiger partial charge >= 0.3 is 0 Å². The molecule has 4 atom stereocenters. The van der Waals surface area contributed by atoms with Crippen LogP contribution in [0, 0.1) is 11.8 Å². The molecule has 1 aromatic carbocycles. The lowest BCUT2D eigenvalue weighted by Gasteiger charge is -2.50. The van der Waals surface area contributed by atoms with Crippen LogP contribution in [-0.2, 0) is 20.8 Å². The molecular formula is C25H24N2O8. The molecule has 0 bridgehead atoms. The number of hydrogen-bond acceptors (Lipinski definition) is 9. The minimum absolute atomic E-state index is 0.0340. The summed E-state index contributed by atoms with van der Waals surface area (Å²) in [5.74, 6) is -6.73. The van der Waals surface area contributed by atoms with E-state index in [-0.39, 0.29) is 29.7 Å². The lowest BCUT2D eigenvalue weighted by molar-refractivity contribution is -0.153. The fourth-order valence-corrected chi connectivity index (χ4v) is 5.93. The molecule has 182 valence electrons. The fourth-order valence-electron chi connectivity index (χ4n) is 5.93. The van der Waals surface area contributed by atoms with Crippen LogP contribution >= 0.6 is 0 Å². The van der Waals surface area contributed by atoms with Crippen molar-refractivity contribution in [3.05, 3.63) is 58.8 Å². The van der Waals surface area contributed by atoms with Crippen LogP contribution in [0.1, 0.15) is 17.5 Å². The second-order valence-electron chi connectivity index (χ2n) is 9.46. The number of primary amides is 1. The van der Waals surface area contributed by atoms with Crippen LogP contribution in [0.15, 0.2) is 52.0 Å². The van der Waals surface area contributed by atoms with Crippen LogP contribution < -0.4 is 5.73 Å². The summed E-state index contributed by atoms with van der Waals surface area (Å²) in [6, 6.07) is 3.67. The molecule has 1 heterocycles. The number of benzene rings is 1. The second-order valence-corrected chi connectivity index (χ2v) is 9.46. The molecule has 1 fully saturated rings. The van der Waals surface area contributed by atoms with Crippen molar-refractivity contribution in [1.82, 2.24) is 4.90 Å². The molecule has 6 N–H and O–H groups in total. The number of hydrogen-bond donors (Lipinski definition) is 5. The van der Waals surface area contributed by atoms with E-state index in [4.69, 9.17) is 10.2 Å². The molecule has 1 aromatic heterocycles. The summed E-state index contributed by atoms with van der Waals surface area (Å²) in [6.45, 7) is 0. The highest BCUT2D eigenvalue weighted by atomic mass is 16.3. The van der Waals surface area contributed by atoms with E-state index in [1.165, 1.54) is 23.5 Å². The average molecular weight is 480 g/mol. The Labute approximate surface area is 199 Å². The highest BCUT2D eigenvalue weighted by Crippen LogP contribution is 2.53. The third kappa shape index (κ3) is 2.93. The Morgan fingerprint density at radius 1 is 1.17 bits per heavy atom. The number of Topliss-reactive ketones (excluding diaryl/α,β-unsaturated/α-hetero) is 2. The van der Waals surface area contributed by atoms with Gasteiger partial charge in [-0.25, -0.2) is 0 Å². The van der Waals surface area contributed by atoms with E-state index < -0.39 is 58.0 Å². The number of phenolic OH excluding ortho intramolecular Hbond substituents is 1. The minimum Gasteiger partial charge on any atom is -0.508 e. The first kappa shape index (κ1) is 22.9. The Hall–Kier alpha value is -3.89. The molecule has 10 heteroatoms. The van der Waals surface area contributed by atoms with Gasteiger partial charge in [0.05, 0.1) is 24.1 Å². The van der Waals surface area contributed by atoms with Gasteiger partial charge in [-0.05, 0) is 56.1 Å². The van der Waals surface area contributed by atoms with E-state index in [1.807, 2.05) is 0 Å². The number of amides is 1. The van der Waals surface area contributed by atoms with Crippen molar-refractivity contribution in [3.63, 3.8) is 0 Å². The summed E-state index contributed by atoms with van der Waals surface area (Å²) in [4.78, 5) is 40.4. The van der Waals surface area contributed by atoms with Gasteiger partial charge in [0.25, 0.3) is 5.91 Å². The number of aromatic hydroxyl groups is 1. The molecule has 5 rings (SSSR count). The number of aliphatic hydroxyl groups excluding tert-OH is 2. The lowest BCUT2D eigenvalue weighted by Crippen LogP contribution is -2.65. The highest BCUT2D eigenvalue weighted by Gasteiger charge is 2.64. The number of aliphatic hydroxyl groups is 3. The van der Waals surface area contributed by atoms with Crippen LogP contribution in [-0.4, -0.2) is 68.5 Å². The Morgan fingerprint density at radius 3 is 2.49 bits per heavy atom. The maximum absolute atomic E-state index is 13.8. The molecule has 3 aliphatic rings. The molecule has 35 heavy (non-hydrogen) atoms. The van der Waals surface area contributed by atoms with E-state index in [2.05, 4.69) is 0 Å². The standard InChI is InChI=1S/C25H24N2O8/c1-27(2)19-14-8-11-7-13-12(10-5-6-35-9-10)3-4-15(28)17(13)20(29)16(11)22(31)25(14,34)23(32)18(21(19)30)24(26)33/h3-6,9,11,14,19,28-29,32,34H,7-8H2,1-2H3,(H2,26,33). The molecule has 0 aliphatic heterocycles. The summed E-state index contributed by atoms with van der Waals surface area (Å²) in [5.41, 5.74) is 3.67. The first-order valence-corrected chi connectivity index (χ1v) is 11.0. The molecule has 2 aromatic rings. The van der Waals surface area contributed by atoms with Crippen LogP contribution in [0.4, 0.5) is 0 Å². The number of phenols is 1. The summed E-state index contributed by atoms with van der Waals surface area (Å²) in [7, 11) is 3.12. The number of fused-ring (bicyclic) bond motifs is 3. The number of ketones is 2. The monoisotopic (exact) mass is 480 g/mol. The molecule has 1 saturated carbocycles. The molecular weight excluding hydrogens is 456 g/mol. The van der Waals surface area contributed by atoms with Crippen molar-refractivity contribution in [2.75, 3.05) is 14.1 Å². The predicted molar refractivity (Wildman–Crippen MR) is 122 cm³/mol. The van der Waals surface area contributed by atoms with Crippen molar-refractivity contribution < 1.29 is 39.2 Å². The largest absolute Gasteiger partial charge is 0.508 e. The van der Waals surface area contributed by atoms with Gasteiger partial charge in [0.2, 0.25) is 5.78 Å². The lowest BCUT2D eigenvalue weighted by atomic mass is 9.57. The van der Waals surface area contributed by atoms with E-state index in [0.29, 0.717) is 16.7 Å². The fraction of sp³-hybridized carbons (Fsp3) is 0.320. The average Bonchev–Trinajstić information content (AvgIpc) is 3.30. The summed E-state index contributed by atoms with van der Waals surface area (Å²) < 4.78 is 5.18. The number of carbonyl (C=O) groups excluding carboxylic acids is 3. The molecule has 1 amide bonds. The Bertz CT molecular complexity index is 1350. The van der Waals surface area contributed by atoms with Crippen LogP contribution in [0.2, 0.25) is 0 Å². The topological polar surface area (TPSA) is 175 Å². The van der Waals surface area contributed by atoms with Crippen molar-refractivity contribution in [3.8, 4) is 16.9 Å². The van der Waals surface area contributed by atoms with Gasteiger partial charge < -0.3 is 30.6 Å². The van der Waals surface area contributed by atoms with Crippen LogP contribution in [0.25, 0.3) is 16.9 Å². The van der Waals surface area contributed by atoms with Gasteiger partial charge in [-0.2, -0.15) is 0 Å². The smallest absolute Gasteiger partial charge is 0.255 e. The van der Waals surface area contributed by atoms with Crippen LogP contribution in [0.3, 0.4) is 0 Å². The maximum atomic E-state index is 13.8. The number of furan rings is 1. The molecule has 0 radical (unpaired) electrons. The van der Waals surface area contributed by atoms with Gasteiger partial charge in [-0.15, -0.1) is 0 Å². The Kier molecular flexibility index (Phi) is 4.94. The summed E-state index contributed by atoms with van der Waals surface area (Å²) >= 11 is 0. The third-order valence-corrected chi connectivity index (χ3v) is 7.44. The minimum atomic E-state index is -2.65. The molecule has 4 unspecified atom stereocenters. The first-order chi connectivity index (χ1) is 16.5. The zero-order valence-corrected chi connectivity index (χ0v) is 19.0. The normalized spacial score (nSPS) is 28.2. The number of carbonyl (C=O) groups is 3. The Balaban J connectivity index is 1.75. The first-order valence-electron chi connectivity index (χ1n) is 11.0. The van der Waals surface area contributed by atoms with Gasteiger partial charge in [0.1, 0.15) is 22.8 Å². The predicted octanol–water partition coefficient (Wildman–Crippen LogP) is 1.22. The van der Waals surface area contributed by atoms with Gasteiger partial charge in [0.15, 0.2) is 11.4 Å². The molecule has 3 aliphatic carbocycles. The van der Waals surface area contributed by atoms with Gasteiger partial charge in [0, 0.05) is 17.1 Å². The number of likely N-dealkylation sites (N-methyl/N-ethyl adjacent to an activating group) is 1. The van der Waals surface area contributed by atoms with Gasteiger partial charge in [-0.1, -0.05) is 6.07 Å². The SMILES string of the molecule is CN(C)C1C(=O)C(C(N)=O)=C(O)C2(O)C(=O)C3=C(O)c4c(O)ccc(-c5ccoc5)c4CC3CC12. The van der Waals surface area contributed by atoms with E-state index in [9.17, 15) is 34.8 Å². The van der Waals surface area contributed by atoms with Crippen LogP contribution in [0.5, 0.6) is 5.75 Å². The Morgan fingerprint density at radius 2 is 1.89 bits per heavy atom. The number of nitrogens with zero attached hydrogens (tertiary/aromatic N) is 1. The quantitative estimate of drug-likeness (QED) is 0.405. The number of rotatable bonds is 3. The molecule has 10 nitrogen and oxygen atoms in total. The van der Waals surface area contributed by atoms with Crippen molar-refractivity contribution in [2.45, 2.75) is 24.5 Å². The zero-order chi connectivity index (χ0) is 25.4. The highest BCUT2D eigenvalue weighted by molar-refractivity contribution is 6.24. The summed E-state index contributed by atoms with van der Waals surface area (Å²) in [6.07, 6.45) is 3.25. The third-order valence-electron chi connectivity index (χ3n) is 7.44. The molecule has 0 spiro atoms. The van der Waals surface area contributed by atoms with Gasteiger partial charge in [-0.3, -0.25) is 19.3 Å². The van der Waals surface area contributed by atoms with Crippen molar-refractivity contribution in [2.24, 2.45) is 17.6 Å². The maximum Gasteiger partial charge on any atom is 0.255 e. The zero-order valence-electron chi connectivity index (χ0n) is 19.0.